The van der Waals surface area contributed by atoms with Crippen molar-refractivity contribution in [1.29, 1.82) is 0 Å². The van der Waals surface area contributed by atoms with Crippen LogP contribution in [-0.4, -0.2) is 9.97 Å². The highest BCUT2D eigenvalue weighted by Gasteiger charge is 2.12. The van der Waals surface area contributed by atoms with Crippen LogP contribution < -0.4 is 0 Å². The van der Waals surface area contributed by atoms with Crippen LogP contribution in [0.3, 0.4) is 0 Å². The van der Waals surface area contributed by atoms with E-state index in [4.69, 9.17) is 0 Å². The van der Waals surface area contributed by atoms with Crippen molar-refractivity contribution in [2.45, 2.75) is 6.92 Å². The molecule has 0 aliphatic carbocycles. The number of pyridine rings is 2. The molecule has 0 N–H and O–H groups in total. The lowest BCUT2D eigenvalue weighted by molar-refractivity contribution is 0.630. The standard InChI is InChI=1S/C15H11FN2/c1-10-14(16)12-4-2-3-5-13(12)18-15(10)11-6-8-17-9-7-11/h2-9H,1H3. The Hall–Kier alpha value is -2.29. The summed E-state index contributed by atoms with van der Waals surface area (Å²) in [7, 11) is 0. The van der Waals surface area contributed by atoms with Crippen molar-refractivity contribution < 1.29 is 4.39 Å². The first-order valence-corrected chi connectivity index (χ1v) is 5.72. The Morgan fingerprint density at radius 3 is 2.50 bits per heavy atom. The summed E-state index contributed by atoms with van der Waals surface area (Å²) in [6.07, 6.45) is 3.37. The minimum absolute atomic E-state index is 0.201. The van der Waals surface area contributed by atoms with Gasteiger partial charge in [0.25, 0.3) is 0 Å². The average molecular weight is 238 g/mol. The largest absolute Gasteiger partial charge is 0.265 e. The fourth-order valence-corrected chi connectivity index (χ4v) is 2.06. The first kappa shape index (κ1) is 10.8. The molecular formula is C15H11FN2. The molecule has 88 valence electrons. The van der Waals surface area contributed by atoms with Gasteiger partial charge in [-0.25, -0.2) is 9.37 Å². The quantitative estimate of drug-likeness (QED) is 0.645. The lowest BCUT2D eigenvalue weighted by Crippen LogP contribution is -1.95. The van der Waals surface area contributed by atoms with Gasteiger partial charge in [-0.3, -0.25) is 4.98 Å². The van der Waals surface area contributed by atoms with Gasteiger partial charge >= 0.3 is 0 Å². The Kier molecular flexibility index (Phi) is 2.52. The van der Waals surface area contributed by atoms with Gasteiger partial charge in [-0.2, -0.15) is 0 Å². The SMILES string of the molecule is Cc1c(-c2ccncc2)nc2ccccc2c1F. The van der Waals surface area contributed by atoms with Crippen molar-refractivity contribution in [3.8, 4) is 11.3 Å². The fourth-order valence-electron chi connectivity index (χ4n) is 2.06. The molecule has 3 aromatic rings. The van der Waals surface area contributed by atoms with E-state index in [1.54, 1.807) is 25.4 Å². The van der Waals surface area contributed by atoms with Crippen molar-refractivity contribution in [3.63, 3.8) is 0 Å². The third-order valence-electron chi connectivity index (χ3n) is 3.01. The second-order valence-electron chi connectivity index (χ2n) is 4.15. The van der Waals surface area contributed by atoms with E-state index in [1.807, 2.05) is 30.3 Å². The number of para-hydroxylation sites is 1. The maximum absolute atomic E-state index is 14.3. The minimum atomic E-state index is -0.201. The van der Waals surface area contributed by atoms with Crippen LogP contribution in [-0.2, 0) is 0 Å². The zero-order valence-electron chi connectivity index (χ0n) is 9.89. The Morgan fingerprint density at radius 2 is 1.72 bits per heavy atom. The van der Waals surface area contributed by atoms with Crippen LogP contribution in [0.15, 0.2) is 48.8 Å². The number of nitrogens with zero attached hydrogens (tertiary/aromatic N) is 2. The maximum atomic E-state index is 14.3. The normalized spacial score (nSPS) is 10.8. The molecule has 0 aliphatic rings. The van der Waals surface area contributed by atoms with E-state index in [2.05, 4.69) is 9.97 Å². The first-order chi connectivity index (χ1) is 8.77. The number of halogens is 1. The third kappa shape index (κ3) is 1.64. The summed E-state index contributed by atoms with van der Waals surface area (Å²) in [6.45, 7) is 1.75. The Labute approximate surface area is 104 Å². The van der Waals surface area contributed by atoms with Crippen LogP contribution in [0.5, 0.6) is 0 Å². The monoisotopic (exact) mass is 238 g/mol. The molecule has 2 nitrogen and oxygen atoms in total. The zero-order chi connectivity index (χ0) is 12.5. The number of hydrogen-bond acceptors (Lipinski definition) is 2. The fraction of sp³-hybridized carbons (Fsp3) is 0.0667. The van der Waals surface area contributed by atoms with E-state index >= 15 is 0 Å². The summed E-state index contributed by atoms with van der Waals surface area (Å²) in [5.41, 5.74) is 2.80. The minimum Gasteiger partial charge on any atom is -0.265 e. The van der Waals surface area contributed by atoms with Gasteiger partial charge in [-0.1, -0.05) is 12.1 Å². The number of rotatable bonds is 1. The summed E-state index contributed by atoms with van der Waals surface area (Å²) in [4.78, 5) is 8.50. The summed E-state index contributed by atoms with van der Waals surface area (Å²) >= 11 is 0. The molecule has 0 radical (unpaired) electrons. The molecule has 3 heteroatoms. The van der Waals surface area contributed by atoms with E-state index in [1.165, 1.54) is 0 Å². The Balaban J connectivity index is 2.34. The van der Waals surface area contributed by atoms with Crippen molar-refractivity contribution in [2.24, 2.45) is 0 Å². The maximum Gasteiger partial charge on any atom is 0.137 e. The topological polar surface area (TPSA) is 25.8 Å². The van der Waals surface area contributed by atoms with Gasteiger partial charge in [0.05, 0.1) is 11.2 Å². The average Bonchev–Trinajstić information content (AvgIpc) is 2.44. The molecule has 2 aromatic heterocycles. The smallest absolute Gasteiger partial charge is 0.137 e. The van der Waals surface area contributed by atoms with Crippen LogP contribution >= 0.6 is 0 Å². The number of aromatic nitrogens is 2. The summed E-state index contributed by atoms with van der Waals surface area (Å²) in [6, 6.07) is 10.9. The molecule has 0 amide bonds. The molecule has 2 heterocycles. The number of benzene rings is 1. The first-order valence-electron chi connectivity index (χ1n) is 5.72. The van der Waals surface area contributed by atoms with Crippen LogP contribution in [0, 0.1) is 12.7 Å². The molecule has 0 atom stereocenters. The second-order valence-corrected chi connectivity index (χ2v) is 4.15. The lowest BCUT2D eigenvalue weighted by atomic mass is 10.0. The van der Waals surface area contributed by atoms with Gasteiger partial charge in [0, 0.05) is 28.9 Å². The highest BCUT2D eigenvalue weighted by atomic mass is 19.1. The van der Waals surface area contributed by atoms with Gasteiger partial charge < -0.3 is 0 Å². The van der Waals surface area contributed by atoms with Crippen molar-refractivity contribution in [3.05, 3.63) is 60.2 Å². The predicted octanol–water partition coefficient (Wildman–Crippen LogP) is 3.74. The molecule has 18 heavy (non-hydrogen) atoms. The van der Waals surface area contributed by atoms with Crippen LogP contribution in [0.2, 0.25) is 0 Å². The summed E-state index contributed by atoms with van der Waals surface area (Å²) in [5, 5.41) is 0.563. The summed E-state index contributed by atoms with van der Waals surface area (Å²) < 4.78 is 14.3. The number of hydrogen-bond donors (Lipinski definition) is 0. The lowest BCUT2D eigenvalue weighted by Gasteiger charge is -2.09. The molecule has 0 saturated heterocycles. The van der Waals surface area contributed by atoms with Gasteiger partial charge in [-0.05, 0) is 31.2 Å². The Morgan fingerprint density at radius 1 is 1.00 bits per heavy atom. The van der Waals surface area contributed by atoms with Gasteiger partial charge in [0.15, 0.2) is 0 Å². The molecule has 3 rings (SSSR count). The highest BCUT2D eigenvalue weighted by molar-refractivity contribution is 5.83. The molecule has 0 saturated carbocycles. The molecule has 0 fully saturated rings. The molecule has 0 unspecified atom stereocenters. The van der Waals surface area contributed by atoms with Crippen molar-refractivity contribution in [2.75, 3.05) is 0 Å². The third-order valence-corrected chi connectivity index (χ3v) is 3.01. The van der Waals surface area contributed by atoms with Crippen LogP contribution in [0.4, 0.5) is 4.39 Å². The van der Waals surface area contributed by atoms with Crippen molar-refractivity contribution >= 4 is 10.9 Å². The van der Waals surface area contributed by atoms with E-state index in [-0.39, 0.29) is 5.82 Å². The molecular weight excluding hydrogens is 227 g/mol. The van der Waals surface area contributed by atoms with E-state index in [0.29, 0.717) is 22.2 Å². The van der Waals surface area contributed by atoms with E-state index < -0.39 is 0 Å². The predicted molar refractivity (Wildman–Crippen MR) is 69.7 cm³/mol. The molecule has 0 aliphatic heterocycles. The van der Waals surface area contributed by atoms with Gasteiger partial charge in [-0.15, -0.1) is 0 Å². The second kappa shape index (κ2) is 4.18. The van der Waals surface area contributed by atoms with E-state index in [0.717, 1.165) is 5.56 Å². The number of fused-ring (bicyclic) bond motifs is 1. The summed E-state index contributed by atoms with van der Waals surface area (Å²) in [5.74, 6) is -0.201. The van der Waals surface area contributed by atoms with Crippen LogP contribution in [0.25, 0.3) is 22.2 Å². The molecule has 0 bridgehead atoms. The van der Waals surface area contributed by atoms with Crippen LogP contribution in [0.1, 0.15) is 5.56 Å². The van der Waals surface area contributed by atoms with E-state index in [9.17, 15) is 4.39 Å². The van der Waals surface area contributed by atoms with Gasteiger partial charge in [0.2, 0.25) is 0 Å². The van der Waals surface area contributed by atoms with Gasteiger partial charge in [0.1, 0.15) is 5.82 Å². The highest BCUT2D eigenvalue weighted by Crippen LogP contribution is 2.27. The Bertz CT molecular complexity index is 708. The zero-order valence-corrected chi connectivity index (χ0v) is 9.89. The molecule has 1 aromatic carbocycles. The van der Waals surface area contributed by atoms with Crippen molar-refractivity contribution in [1.82, 2.24) is 9.97 Å². The molecule has 0 spiro atoms.